The second-order valence-electron chi connectivity index (χ2n) is 5.31. The maximum Gasteiger partial charge on any atom is 0.128 e. The van der Waals surface area contributed by atoms with Gasteiger partial charge >= 0.3 is 0 Å². The number of nitrogens with zero attached hydrogens (tertiary/aromatic N) is 1. The summed E-state index contributed by atoms with van der Waals surface area (Å²) >= 11 is 0. The average Bonchev–Trinajstić information content (AvgIpc) is 2.73. The van der Waals surface area contributed by atoms with Crippen molar-refractivity contribution >= 4 is 5.84 Å². The zero-order valence-electron chi connectivity index (χ0n) is 11.5. The van der Waals surface area contributed by atoms with Gasteiger partial charge in [-0.3, -0.25) is 5.41 Å². The molecule has 0 spiro atoms. The maximum atomic E-state index is 13.2. The number of halogens is 1. The lowest BCUT2D eigenvalue weighted by atomic mass is 10.1. The Morgan fingerprint density at radius 1 is 1.20 bits per heavy atom. The number of nitrogens with one attached hydrogen (secondary N) is 1. The van der Waals surface area contributed by atoms with Gasteiger partial charge in [0.25, 0.3) is 0 Å². The van der Waals surface area contributed by atoms with E-state index in [2.05, 4.69) is 31.2 Å². The summed E-state index contributed by atoms with van der Waals surface area (Å²) in [6.45, 7) is 3.58. The summed E-state index contributed by atoms with van der Waals surface area (Å²) in [6.07, 6.45) is 0.903. The van der Waals surface area contributed by atoms with Crippen LogP contribution in [-0.4, -0.2) is 17.3 Å². The van der Waals surface area contributed by atoms with Crippen LogP contribution in [0.3, 0.4) is 0 Å². The minimum atomic E-state index is -0.269. The van der Waals surface area contributed by atoms with Crippen molar-refractivity contribution in [3.8, 4) is 0 Å². The van der Waals surface area contributed by atoms with E-state index in [-0.39, 0.29) is 5.82 Å². The Morgan fingerprint density at radius 2 is 2.05 bits per heavy atom. The van der Waals surface area contributed by atoms with Crippen LogP contribution in [-0.2, 0) is 13.0 Å². The molecule has 0 bridgehead atoms. The molecule has 1 N–H and O–H groups in total. The van der Waals surface area contributed by atoms with Crippen molar-refractivity contribution < 1.29 is 4.39 Å². The average molecular weight is 268 g/mol. The zero-order chi connectivity index (χ0) is 14.1. The molecule has 0 aromatic heterocycles. The first kappa shape index (κ1) is 12.9. The summed E-state index contributed by atoms with van der Waals surface area (Å²) in [5.41, 5.74) is 4.30. The van der Waals surface area contributed by atoms with Crippen LogP contribution in [0.25, 0.3) is 0 Å². The minimum Gasteiger partial charge on any atom is -0.352 e. The number of fused-ring (bicyclic) bond motifs is 1. The summed E-state index contributed by atoms with van der Waals surface area (Å²) in [5, 5.41) is 8.15. The van der Waals surface area contributed by atoms with Crippen LogP contribution in [0.4, 0.5) is 4.39 Å². The summed E-state index contributed by atoms with van der Waals surface area (Å²) in [7, 11) is 0. The monoisotopic (exact) mass is 268 g/mol. The third-order valence-corrected chi connectivity index (χ3v) is 3.76. The van der Waals surface area contributed by atoms with E-state index in [9.17, 15) is 4.39 Å². The third-order valence-electron chi connectivity index (χ3n) is 3.76. The fourth-order valence-corrected chi connectivity index (χ4v) is 2.68. The number of rotatable bonds is 3. The van der Waals surface area contributed by atoms with Gasteiger partial charge < -0.3 is 4.90 Å². The molecule has 0 unspecified atom stereocenters. The number of hydrogen-bond acceptors (Lipinski definition) is 1. The Kier molecular flexibility index (Phi) is 3.26. The van der Waals surface area contributed by atoms with E-state index in [1.54, 1.807) is 6.07 Å². The lowest BCUT2D eigenvalue weighted by Gasteiger charge is -2.17. The van der Waals surface area contributed by atoms with Gasteiger partial charge in [0.15, 0.2) is 0 Å². The maximum absolute atomic E-state index is 13.2. The van der Waals surface area contributed by atoms with Crippen LogP contribution in [0.15, 0.2) is 42.5 Å². The number of amidine groups is 1. The molecule has 2 nitrogen and oxygen atoms in total. The quantitative estimate of drug-likeness (QED) is 0.906. The van der Waals surface area contributed by atoms with E-state index < -0.39 is 0 Å². The highest BCUT2D eigenvalue weighted by molar-refractivity contribution is 6.00. The highest BCUT2D eigenvalue weighted by atomic mass is 19.1. The molecule has 0 saturated heterocycles. The van der Waals surface area contributed by atoms with Crippen molar-refractivity contribution in [1.29, 1.82) is 5.41 Å². The molecule has 0 saturated carbocycles. The number of hydrogen-bond donors (Lipinski definition) is 1. The van der Waals surface area contributed by atoms with Gasteiger partial charge in [0, 0.05) is 18.7 Å². The van der Waals surface area contributed by atoms with Crippen LogP contribution in [0, 0.1) is 18.2 Å². The van der Waals surface area contributed by atoms with E-state index in [1.807, 2.05) is 4.90 Å². The fourth-order valence-electron chi connectivity index (χ4n) is 2.68. The second-order valence-corrected chi connectivity index (χ2v) is 5.31. The SMILES string of the molecule is Cc1cccc(CCN2Cc3ccc(F)cc3C2=N)c1. The van der Waals surface area contributed by atoms with Gasteiger partial charge in [0.05, 0.1) is 0 Å². The van der Waals surface area contributed by atoms with Gasteiger partial charge in [-0.1, -0.05) is 35.9 Å². The van der Waals surface area contributed by atoms with Crippen LogP contribution >= 0.6 is 0 Å². The van der Waals surface area contributed by atoms with Gasteiger partial charge in [-0.2, -0.15) is 0 Å². The first-order valence-corrected chi connectivity index (χ1v) is 6.81. The Labute approximate surface area is 118 Å². The highest BCUT2D eigenvalue weighted by Gasteiger charge is 2.23. The lowest BCUT2D eigenvalue weighted by molar-refractivity contribution is 0.432. The Balaban J connectivity index is 1.70. The molecule has 0 amide bonds. The van der Waals surface area contributed by atoms with E-state index in [1.165, 1.54) is 23.3 Å². The van der Waals surface area contributed by atoms with Crippen molar-refractivity contribution in [3.05, 3.63) is 70.5 Å². The van der Waals surface area contributed by atoms with Crippen molar-refractivity contribution in [2.45, 2.75) is 19.9 Å². The molecule has 1 heterocycles. The standard InChI is InChI=1S/C17H17FN2/c1-12-3-2-4-13(9-12)7-8-20-11-14-5-6-15(18)10-16(14)17(20)19/h2-6,9-10,19H,7-8,11H2,1H3. The van der Waals surface area contributed by atoms with Crippen LogP contribution in [0.1, 0.15) is 22.3 Å². The molecule has 0 atom stereocenters. The van der Waals surface area contributed by atoms with Crippen LogP contribution in [0.2, 0.25) is 0 Å². The van der Waals surface area contributed by atoms with Gasteiger partial charge in [-0.25, -0.2) is 4.39 Å². The number of aryl methyl sites for hydroxylation is 1. The predicted octanol–water partition coefficient (Wildman–Crippen LogP) is 3.52. The largest absolute Gasteiger partial charge is 0.352 e. The molecule has 0 aliphatic carbocycles. The van der Waals surface area contributed by atoms with Crippen molar-refractivity contribution in [2.75, 3.05) is 6.54 Å². The molecule has 20 heavy (non-hydrogen) atoms. The molecule has 0 fully saturated rings. The Hall–Kier alpha value is -2.16. The molecule has 3 rings (SSSR count). The lowest BCUT2D eigenvalue weighted by Crippen LogP contribution is -2.26. The first-order valence-electron chi connectivity index (χ1n) is 6.81. The summed E-state index contributed by atoms with van der Waals surface area (Å²) < 4.78 is 13.2. The molecule has 2 aromatic carbocycles. The Morgan fingerprint density at radius 3 is 2.85 bits per heavy atom. The zero-order valence-corrected chi connectivity index (χ0v) is 11.5. The molecule has 1 aliphatic rings. The molecular weight excluding hydrogens is 251 g/mol. The van der Waals surface area contributed by atoms with Gasteiger partial charge in [0.2, 0.25) is 0 Å². The van der Waals surface area contributed by atoms with E-state index in [0.29, 0.717) is 12.4 Å². The smallest absolute Gasteiger partial charge is 0.128 e. The van der Waals surface area contributed by atoms with Gasteiger partial charge in [0.1, 0.15) is 11.7 Å². The highest BCUT2D eigenvalue weighted by Crippen LogP contribution is 2.23. The van der Waals surface area contributed by atoms with E-state index in [0.717, 1.165) is 24.1 Å². The molecule has 0 radical (unpaired) electrons. The topological polar surface area (TPSA) is 27.1 Å². The predicted molar refractivity (Wildman–Crippen MR) is 78.5 cm³/mol. The first-order chi connectivity index (χ1) is 9.63. The third kappa shape index (κ3) is 2.44. The molecular formula is C17H17FN2. The summed E-state index contributed by atoms with van der Waals surface area (Å²) in [4.78, 5) is 2.01. The number of benzene rings is 2. The molecule has 102 valence electrons. The summed E-state index contributed by atoms with van der Waals surface area (Å²) in [6, 6.07) is 13.1. The van der Waals surface area contributed by atoms with Crippen LogP contribution < -0.4 is 0 Å². The fraction of sp³-hybridized carbons (Fsp3) is 0.235. The molecule has 3 heteroatoms. The van der Waals surface area contributed by atoms with Crippen LogP contribution in [0.5, 0.6) is 0 Å². The van der Waals surface area contributed by atoms with E-state index in [4.69, 9.17) is 5.41 Å². The molecule has 2 aromatic rings. The minimum absolute atomic E-state index is 0.269. The van der Waals surface area contributed by atoms with Crippen molar-refractivity contribution in [3.63, 3.8) is 0 Å². The second kappa shape index (κ2) is 5.08. The van der Waals surface area contributed by atoms with Gasteiger partial charge in [-0.15, -0.1) is 0 Å². The Bertz CT molecular complexity index is 664. The normalized spacial score (nSPS) is 13.7. The van der Waals surface area contributed by atoms with Crippen molar-refractivity contribution in [2.24, 2.45) is 0 Å². The van der Waals surface area contributed by atoms with Gasteiger partial charge in [-0.05, 0) is 36.6 Å². The van der Waals surface area contributed by atoms with E-state index >= 15 is 0 Å². The molecule has 1 aliphatic heterocycles. The van der Waals surface area contributed by atoms with Crippen molar-refractivity contribution in [1.82, 2.24) is 4.90 Å². The summed E-state index contributed by atoms with van der Waals surface area (Å²) in [5.74, 6) is 0.168.